The number of aromatic nitrogens is 2. The molecule has 0 radical (unpaired) electrons. The van der Waals surface area contributed by atoms with Crippen molar-refractivity contribution in [1.82, 2.24) is 9.97 Å². The van der Waals surface area contributed by atoms with E-state index >= 15 is 0 Å². The summed E-state index contributed by atoms with van der Waals surface area (Å²) in [7, 11) is 0. The number of rotatable bonds is 6. The summed E-state index contributed by atoms with van der Waals surface area (Å²) in [5.41, 5.74) is 4.77. The lowest BCUT2D eigenvalue weighted by atomic mass is 10.1. The van der Waals surface area contributed by atoms with Crippen LogP contribution in [0.3, 0.4) is 0 Å². The fraction of sp³-hybridized carbons (Fsp3) is 0.292. The lowest BCUT2D eigenvalue weighted by molar-refractivity contribution is -0.115. The molecule has 4 rings (SSSR count). The van der Waals surface area contributed by atoms with Gasteiger partial charge in [-0.15, -0.1) is 0 Å². The second kappa shape index (κ2) is 8.95. The summed E-state index contributed by atoms with van der Waals surface area (Å²) < 4.78 is 0. The fourth-order valence-electron chi connectivity index (χ4n) is 3.58. The highest BCUT2D eigenvalue weighted by Gasteiger charge is 2.15. The topological polar surface area (TPSA) is 70.2 Å². The quantitative estimate of drug-likeness (QED) is 0.631. The molecular weight excluding hydrogens is 374 g/mol. The van der Waals surface area contributed by atoms with E-state index in [9.17, 15) is 4.79 Å². The van der Waals surface area contributed by atoms with E-state index in [2.05, 4.69) is 25.5 Å². The second-order valence-electron chi connectivity index (χ2n) is 7.80. The predicted octanol–water partition coefficient (Wildman–Crippen LogP) is 4.62. The first-order valence-electron chi connectivity index (χ1n) is 10.4. The maximum absolute atomic E-state index is 12.3. The molecule has 2 N–H and O–H groups in total. The molecule has 1 amide bonds. The Morgan fingerprint density at radius 2 is 1.60 bits per heavy atom. The van der Waals surface area contributed by atoms with Crippen molar-refractivity contribution in [3.63, 3.8) is 0 Å². The summed E-state index contributed by atoms with van der Waals surface area (Å²) in [6.07, 6.45) is 2.78. The van der Waals surface area contributed by atoms with Gasteiger partial charge in [0, 0.05) is 36.2 Å². The van der Waals surface area contributed by atoms with Crippen molar-refractivity contribution in [3.05, 3.63) is 71.4 Å². The molecule has 1 aromatic heterocycles. The highest BCUT2D eigenvalue weighted by molar-refractivity contribution is 5.92. The number of anilines is 4. The fourth-order valence-corrected chi connectivity index (χ4v) is 3.58. The third kappa shape index (κ3) is 5.14. The zero-order chi connectivity index (χ0) is 20.9. The van der Waals surface area contributed by atoms with E-state index in [0.717, 1.165) is 41.5 Å². The molecule has 1 aliphatic rings. The first-order chi connectivity index (χ1) is 14.5. The smallest absolute Gasteiger partial charge is 0.229 e. The molecule has 0 unspecified atom stereocenters. The van der Waals surface area contributed by atoms with Crippen LogP contribution in [0.4, 0.5) is 23.1 Å². The minimum atomic E-state index is -0.0307. The molecule has 154 valence electrons. The van der Waals surface area contributed by atoms with Crippen molar-refractivity contribution in [2.45, 2.75) is 33.1 Å². The molecule has 2 aromatic carbocycles. The van der Waals surface area contributed by atoms with Gasteiger partial charge in [0.05, 0.1) is 6.42 Å². The van der Waals surface area contributed by atoms with Crippen LogP contribution in [-0.2, 0) is 11.2 Å². The summed E-state index contributed by atoms with van der Waals surface area (Å²) in [4.78, 5) is 23.8. The Bertz CT molecular complexity index is 1010. The molecule has 6 heteroatoms. The van der Waals surface area contributed by atoms with Crippen molar-refractivity contribution in [2.75, 3.05) is 28.6 Å². The van der Waals surface area contributed by atoms with Crippen LogP contribution >= 0.6 is 0 Å². The molecule has 30 heavy (non-hydrogen) atoms. The Morgan fingerprint density at radius 1 is 0.933 bits per heavy atom. The number of nitrogens with one attached hydrogen (secondary N) is 2. The number of carbonyl (C=O) groups excluding carboxylic acids is 1. The van der Waals surface area contributed by atoms with Crippen LogP contribution in [0, 0.1) is 13.8 Å². The normalized spacial score (nSPS) is 13.3. The molecule has 2 heterocycles. The van der Waals surface area contributed by atoms with Gasteiger partial charge < -0.3 is 15.5 Å². The number of nitrogens with zero attached hydrogens (tertiary/aromatic N) is 3. The molecule has 0 saturated carbocycles. The van der Waals surface area contributed by atoms with Gasteiger partial charge in [-0.2, -0.15) is 4.98 Å². The summed E-state index contributed by atoms with van der Waals surface area (Å²) in [6, 6.07) is 17.6. The van der Waals surface area contributed by atoms with Crippen LogP contribution in [0.2, 0.25) is 0 Å². The van der Waals surface area contributed by atoms with Gasteiger partial charge in [0.25, 0.3) is 0 Å². The number of amides is 1. The SMILES string of the molecule is Cc1ccc(CC(=O)Nc2ccc(Nc3nc(C)cc(N4CCCC4)n3)cc2)cc1. The Morgan fingerprint density at radius 3 is 2.30 bits per heavy atom. The van der Waals surface area contributed by atoms with Crippen LogP contribution in [-0.4, -0.2) is 29.0 Å². The van der Waals surface area contributed by atoms with Crippen molar-refractivity contribution >= 4 is 29.0 Å². The monoisotopic (exact) mass is 401 g/mol. The van der Waals surface area contributed by atoms with Gasteiger partial charge in [-0.25, -0.2) is 4.98 Å². The number of carbonyl (C=O) groups is 1. The van der Waals surface area contributed by atoms with Crippen molar-refractivity contribution < 1.29 is 4.79 Å². The maximum Gasteiger partial charge on any atom is 0.229 e. The lowest BCUT2D eigenvalue weighted by Crippen LogP contribution is -2.19. The molecule has 3 aromatic rings. The summed E-state index contributed by atoms with van der Waals surface area (Å²) in [5, 5.41) is 6.22. The summed E-state index contributed by atoms with van der Waals surface area (Å²) in [5.74, 6) is 1.53. The summed E-state index contributed by atoms with van der Waals surface area (Å²) >= 11 is 0. The van der Waals surface area contributed by atoms with Gasteiger partial charge in [-0.1, -0.05) is 29.8 Å². The van der Waals surface area contributed by atoms with Gasteiger partial charge in [0.2, 0.25) is 11.9 Å². The van der Waals surface area contributed by atoms with Gasteiger partial charge in [-0.05, 0) is 56.5 Å². The average molecular weight is 402 g/mol. The molecular formula is C24H27N5O. The number of aryl methyl sites for hydroxylation is 2. The number of hydrogen-bond acceptors (Lipinski definition) is 5. The predicted molar refractivity (Wildman–Crippen MR) is 121 cm³/mol. The number of hydrogen-bond donors (Lipinski definition) is 2. The van der Waals surface area contributed by atoms with Gasteiger partial charge in [-0.3, -0.25) is 4.79 Å². The zero-order valence-electron chi connectivity index (χ0n) is 17.5. The van der Waals surface area contributed by atoms with Crippen LogP contribution < -0.4 is 15.5 Å². The Hall–Kier alpha value is -3.41. The Kier molecular flexibility index (Phi) is 5.93. The van der Waals surface area contributed by atoms with Gasteiger partial charge in [0.15, 0.2) is 0 Å². The first kappa shape index (κ1) is 19.9. The van der Waals surface area contributed by atoms with E-state index < -0.39 is 0 Å². The summed E-state index contributed by atoms with van der Waals surface area (Å²) in [6.45, 7) is 6.12. The van der Waals surface area contributed by atoms with E-state index in [1.807, 2.05) is 68.4 Å². The maximum atomic E-state index is 12.3. The minimum absolute atomic E-state index is 0.0307. The van der Waals surface area contributed by atoms with E-state index in [-0.39, 0.29) is 5.91 Å². The molecule has 0 bridgehead atoms. The Balaban J connectivity index is 1.37. The highest BCUT2D eigenvalue weighted by atomic mass is 16.1. The third-order valence-electron chi connectivity index (χ3n) is 5.18. The average Bonchev–Trinajstić information content (AvgIpc) is 3.26. The van der Waals surface area contributed by atoms with E-state index in [0.29, 0.717) is 12.4 Å². The van der Waals surface area contributed by atoms with Crippen molar-refractivity contribution in [3.8, 4) is 0 Å². The third-order valence-corrected chi connectivity index (χ3v) is 5.18. The van der Waals surface area contributed by atoms with E-state index in [1.165, 1.54) is 18.4 Å². The van der Waals surface area contributed by atoms with Crippen molar-refractivity contribution in [1.29, 1.82) is 0 Å². The molecule has 6 nitrogen and oxygen atoms in total. The molecule has 1 saturated heterocycles. The Labute approximate surface area is 177 Å². The molecule has 1 fully saturated rings. The minimum Gasteiger partial charge on any atom is -0.356 e. The first-order valence-corrected chi connectivity index (χ1v) is 10.4. The molecule has 0 aliphatic carbocycles. The highest BCUT2D eigenvalue weighted by Crippen LogP contribution is 2.22. The van der Waals surface area contributed by atoms with Gasteiger partial charge >= 0.3 is 0 Å². The van der Waals surface area contributed by atoms with Crippen LogP contribution in [0.5, 0.6) is 0 Å². The number of benzene rings is 2. The van der Waals surface area contributed by atoms with E-state index in [1.54, 1.807) is 0 Å². The van der Waals surface area contributed by atoms with Crippen molar-refractivity contribution in [2.24, 2.45) is 0 Å². The molecule has 0 atom stereocenters. The largest absolute Gasteiger partial charge is 0.356 e. The second-order valence-corrected chi connectivity index (χ2v) is 7.80. The standard InChI is InChI=1S/C24H27N5O/c1-17-5-7-19(8-6-17)16-23(30)26-20-9-11-21(12-10-20)27-24-25-18(2)15-22(28-24)29-13-3-4-14-29/h5-12,15H,3-4,13-14,16H2,1-2H3,(H,26,30)(H,25,27,28). The molecule has 1 aliphatic heterocycles. The van der Waals surface area contributed by atoms with Crippen LogP contribution in [0.25, 0.3) is 0 Å². The lowest BCUT2D eigenvalue weighted by Gasteiger charge is -2.17. The van der Waals surface area contributed by atoms with Crippen LogP contribution in [0.1, 0.15) is 29.7 Å². The van der Waals surface area contributed by atoms with Crippen LogP contribution in [0.15, 0.2) is 54.6 Å². The molecule has 0 spiro atoms. The van der Waals surface area contributed by atoms with Gasteiger partial charge in [0.1, 0.15) is 5.82 Å². The zero-order valence-corrected chi connectivity index (χ0v) is 17.5. The van der Waals surface area contributed by atoms with E-state index in [4.69, 9.17) is 0 Å².